The zero-order valence-electron chi connectivity index (χ0n) is 15.3. The summed E-state index contributed by atoms with van der Waals surface area (Å²) in [6, 6.07) is 6.81. The van der Waals surface area contributed by atoms with Crippen LogP contribution in [0.25, 0.3) is 11.3 Å². The van der Waals surface area contributed by atoms with Gasteiger partial charge in [-0.05, 0) is 49.6 Å². The van der Waals surface area contributed by atoms with Crippen LogP contribution in [-0.4, -0.2) is 61.0 Å². The first kappa shape index (κ1) is 19.7. The summed E-state index contributed by atoms with van der Waals surface area (Å²) in [4.78, 5) is 14.2. The molecule has 2 N–H and O–H groups in total. The number of aromatic nitrogens is 1. The Morgan fingerprint density at radius 1 is 1.44 bits per heavy atom. The number of nitrogens with one attached hydrogen (secondary N) is 1. The maximum absolute atomic E-state index is 11.8. The predicted octanol–water partition coefficient (Wildman–Crippen LogP) is 3.46. The second-order valence-corrected chi connectivity index (χ2v) is 7.17. The topological polar surface area (TPSA) is 87.8 Å². The Morgan fingerprint density at radius 2 is 2.22 bits per heavy atom. The van der Waals surface area contributed by atoms with Crippen molar-refractivity contribution in [3.63, 3.8) is 0 Å². The molecule has 27 heavy (non-hydrogen) atoms. The van der Waals surface area contributed by atoms with Crippen LogP contribution in [0.5, 0.6) is 0 Å². The number of likely N-dealkylation sites (tertiary alicyclic amines) is 1. The lowest BCUT2D eigenvalue weighted by Crippen LogP contribution is -2.39. The molecule has 146 valence electrons. The number of carboxylic acid groups (broad SMARTS) is 1. The monoisotopic (exact) mass is 393 g/mol. The van der Waals surface area contributed by atoms with Gasteiger partial charge in [0, 0.05) is 37.3 Å². The molecule has 1 unspecified atom stereocenters. The number of carboxylic acids is 1. The molecule has 0 amide bonds. The summed E-state index contributed by atoms with van der Waals surface area (Å²) in [7, 11) is 1.71. The average molecular weight is 394 g/mol. The van der Waals surface area contributed by atoms with Gasteiger partial charge in [-0.15, -0.1) is 0 Å². The van der Waals surface area contributed by atoms with Crippen LogP contribution in [0.2, 0.25) is 5.02 Å². The largest absolute Gasteiger partial charge is 0.477 e. The minimum absolute atomic E-state index is 0.0457. The lowest BCUT2D eigenvalue weighted by molar-refractivity contribution is 0.0698. The fraction of sp³-hybridized carbons (Fsp3) is 0.474. The van der Waals surface area contributed by atoms with Crippen molar-refractivity contribution in [1.29, 1.82) is 0 Å². The highest BCUT2D eigenvalue weighted by atomic mass is 35.5. The Balaban J connectivity index is 1.68. The number of carbonyl (C=O) groups is 1. The van der Waals surface area contributed by atoms with Crippen molar-refractivity contribution in [3.05, 3.63) is 34.9 Å². The molecule has 0 saturated carbocycles. The van der Waals surface area contributed by atoms with E-state index in [1.807, 2.05) is 0 Å². The number of nitrogens with zero attached hydrogens (tertiary/aromatic N) is 2. The number of hydrogen-bond donors (Lipinski definition) is 2. The molecular weight excluding hydrogens is 370 g/mol. The standard InChI is InChI=1S/C19H24ClN3O4/c1-26-10-9-23-8-2-3-13(12-23)11-21-18-16(19(24)25)17(27-22-18)14-4-6-15(20)7-5-14/h4-7,13H,2-3,8-12H2,1H3,(H,21,22)(H,24,25). The van der Waals surface area contributed by atoms with Gasteiger partial charge in [-0.1, -0.05) is 16.8 Å². The number of benzene rings is 1. The summed E-state index contributed by atoms with van der Waals surface area (Å²) in [5.41, 5.74) is 0.671. The van der Waals surface area contributed by atoms with Crippen LogP contribution >= 0.6 is 11.6 Å². The van der Waals surface area contributed by atoms with Crippen molar-refractivity contribution < 1.29 is 19.2 Å². The molecule has 2 aromatic rings. The first-order chi connectivity index (χ1) is 13.1. The lowest BCUT2D eigenvalue weighted by atomic mass is 9.98. The smallest absolute Gasteiger partial charge is 0.343 e. The summed E-state index contributed by atoms with van der Waals surface area (Å²) in [5.74, 6) is -0.157. The number of methoxy groups -OCH3 is 1. The van der Waals surface area contributed by atoms with E-state index >= 15 is 0 Å². The molecule has 1 aliphatic rings. The van der Waals surface area contributed by atoms with Crippen LogP contribution in [0.1, 0.15) is 23.2 Å². The third kappa shape index (κ3) is 5.00. The van der Waals surface area contributed by atoms with Crippen molar-refractivity contribution in [2.75, 3.05) is 45.2 Å². The van der Waals surface area contributed by atoms with E-state index in [1.54, 1.807) is 31.4 Å². The Bertz CT molecular complexity index is 763. The van der Waals surface area contributed by atoms with Crippen LogP contribution in [0.3, 0.4) is 0 Å². The molecule has 1 aromatic heterocycles. The number of ether oxygens (including phenoxy) is 1. The Hall–Kier alpha value is -2.09. The summed E-state index contributed by atoms with van der Waals surface area (Å²) in [6.07, 6.45) is 2.22. The van der Waals surface area contributed by atoms with E-state index in [9.17, 15) is 9.90 Å². The zero-order chi connectivity index (χ0) is 19.2. The van der Waals surface area contributed by atoms with Crippen molar-refractivity contribution in [1.82, 2.24) is 10.1 Å². The number of piperidine rings is 1. The molecule has 2 heterocycles. The SMILES string of the molecule is COCCN1CCCC(CNc2noc(-c3ccc(Cl)cc3)c2C(=O)O)C1. The molecule has 3 rings (SSSR count). The predicted molar refractivity (Wildman–Crippen MR) is 103 cm³/mol. The fourth-order valence-corrected chi connectivity index (χ4v) is 3.52. The normalized spacial score (nSPS) is 17.8. The van der Waals surface area contributed by atoms with Gasteiger partial charge in [-0.2, -0.15) is 0 Å². The van der Waals surface area contributed by atoms with Crippen LogP contribution in [-0.2, 0) is 4.74 Å². The maximum atomic E-state index is 11.8. The molecule has 1 aromatic carbocycles. The van der Waals surface area contributed by atoms with Gasteiger partial charge in [-0.25, -0.2) is 4.79 Å². The number of halogens is 1. The zero-order valence-corrected chi connectivity index (χ0v) is 16.0. The number of anilines is 1. The molecule has 0 aliphatic carbocycles. The molecule has 1 saturated heterocycles. The van der Waals surface area contributed by atoms with Gasteiger partial charge < -0.3 is 24.6 Å². The van der Waals surface area contributed by atoms with Gasteiger partial charge in [0.1, 0.15) is 0 Å². The number of hydrogen-bond acceptors (Lipinski definition) is 6. The summed E-state index contributed by atoms with van der Waals surface area (Å²) in [6.45, 7) is 4.32. The molecule has 1 atom stereocenters. The average Bonchev–Trinajstić information content (AvgIpc) is 3.10. The van der Waals surface area contributed by atoms with Gasteiger partial charge in [0.05, 0.1) is 6.61 Å². The van der Waals surface area contributed by atoms with Crippen LogP contribution in [0.4, 0.5) is 5.82 Å². The molecular formula is C19H24ClN3O4. The van der Waals surface area contributed by atoms with Gasteiger partial charge >= 0.3 is 5.97 Å². The Morgan fingerprint density at radius 3 is 2.93 bits per heavy atom. The molecule has 1 aliphatic heterocycles. The van der Waals surface area contributed by atoms with Gasteiger partial charge in [-0.3, -0.25) is 0 Å². The maximum Gasteiger partial charge on any atom is 0.343 e. The van der Waals surface area contributed by atoms with Gasteiger partial charge in [0.25, 0.3) is 0 Å². The third-order valence-electron chi connectivity index (χ3n) is 4.79. The first-order valence-corrected chi connectivity index (χ1v) is 9.40. The molecule has 0 radical (unpaired) electrons. The minimum atomic E-state index is -1.07. The summed E-state index contributed by atoms with van der Waals surface area (Å²) < 4.78 is 10.5. The van der Waals surface area contributed by atoms with E-state index in [0.717, 1.165) is 39.1 Å². The molecule has 0 bridgehead atoms. The van der Waals surface area contributed by atoms with Gasteiger partial charge in [0.2, 0.25) is 0 Å². The Labute approximate surface area is 163 Å². The third-order valence-corrected chi connectivity index (χ3v) is 5.04. The van der Waals surface area contributed by atoms with E-state index in [0.29, 0.717) is 23.0 Å². The highest BCUT2D eigenvalue weighted by molar-refractivity contribution is 6.30. The first-order valence-electron chi connectivity index (χ1n) is 9.02. The highest BCUT2D eigenvalue weighted by Crippen LogP contribution is 2.30. The molecule has 7 nitrogen and oxygen atoms in total. The van der Waals surface area contributed by atoms with E-state index < -0.39 is 5.97 Å². The number of aromatic carboxylic acids is 1. The van der Waals surface area contributed by atoms with Crippen molar-refractivity contribution in [2.24, 2.45) is 5.92 Å². The van der Waals surface area contributed by atoms with E-state index in [2.05, 4.69) is 15.4 Å². The summed E-state index contributed by atoms with van der Waals surface area (Å²) in [5, 5.41) is 17.3. The highest BCUT2D eigenvalue weighted by Gasteiger charge is 2.25. The fourth-order valence-electron chi connectivity index (χ4n) is 3.39. The minimum Gasteiger partial charge on any atom is -0.477 e. The molecule has 8 heteroatoms. The number of rotatable bonds is 8. The van der Waals surface area contributed by atoms with E-state index in [4.69, 9.17) is 20.9 Å². The second-order valence-electron chi connectivity index (χ2n) is 6.73. The van der Waals surface area contributed by atoms with E-state index in [-0.39, 0.29) is 17.1 Å². The van der Waals surface area contributed by atoms with Crippen LogP contribution in [0.15, 0.2) is 28.8 Å². The van der Waals surface area contributed by atoms with Crippen molar-refractivity contribution >= 4 is 23.4 Å². The quantitative estimate of drug-likeness (QED) is 0.709. The van der Waals surface area contributed by atoms with Crippen LogP contribution < -0.4 is 5.32 Å². The second kappa shape index (κ2) is 9.21. The van der Waals surface area contributed by atoms with E-state index in [1.165, 1.54) is 0 Å². The van der Waals surface area contributed by atoms with Crippen LogP contribution in [0, 0.1) is 5.92 Å². The lowest BCUT2D eigenvalue weighted by Gasteiger charge is -2.32. The summed E-state index contributed by atoms with van der Waals surface area (Å²) >= 11 is 5.90. The molecule has 1 fully saturated rings. The van der Waals surface area contributed by atoms with Crippen molar-refractivity contribution in [3.8, 4) is 11.3 Å². The van der Waals surface area contributed by atoms with Gasteiger partial charge in [0.15, 0.2) is 17.1 Å². The van der Waals surface area contributed by atoms with Crippen molar-refractivity contribution in [2.45, 2.75) is 12.8 Å². The Kier molecular flexibility index (Phi) is 6.71. The molecule has 0 spiro atoms.